The number of benzene rings is 1. The molecule has 1 heterocycles. The van der Waals surface area contributed by atoms with Crippen LogP contribution in [0, 0.1) is 5.92 Å². The van der Waals surface area contributed by atoms with Gasteiger partial charge in [0.15, 0.2) is 5.76 Å². The molecule has 0 radical (unpaired) electrons. The zero-order valence-electron chi connectivity index (χ0n) is 17.2. The average molecular weight is 422 g/mol. The Morgan fingerprint density at radius 1 is 0.966 bits per heavy atom. The van der Waals surface area contributed by atoms with Crippen LogP contribution in [0.2, 0.25) is 0 Å². The number of nitrogens with one attached hydrogen (secondary N) is 3. The molecule has 2 rings (SSSR count). The number of rotatable bonds is 7. The summed E-state index contributed by atoms with van der Waals surface area (Å²) in [5.41, 5.74) is 0.416. The second-order valence-corrected chi connectivity index (χ2v) is 9.77. The number of anilines is 2. The summed E-state index contributed by atoms with van der Waals surface area (Å²) in [5.74, 6) is -0.536. The molecule has 0 aliphatic rings. The van der Waals surface area contributed by atoms with E-state index in [1.807, 2.05) is 13.8 Å². The molecule has 0 saturated heterocycles. The van der Waals surface area contributed by atoms with Crippen molar-refractivity contribution in [3.63, 3.8) is 0 Å². The molecule has 0 atom stereocenters. The number of furan rings is 1. The van der Waals surface area contributed by atoms with Crippen LogP contribution in [0.25, 0.3) is 0 Å². The number of carbonyl (C=O) groups is 2. The van der Waals surface area contributed by atoms with Gasteiger partial charge in [0.05, 0.1) is 0 Å². The lowest BCUT2D eigenvalue weighted by Crippen LogP contribution is -2.40. The van der Waals surface area contributed by atoms with Crippen molar-refractivity contribution in [2.75, 3.05) is 10.6 Å². The van der Waals surface area contributed by atoms with Gasteiger partial charge in [0.2, 0.25) is 11.0 Å². The lowest BCUT2D eigenvalue weighted by Gasteiger charge is -2.18. The highest BCUT2D eigenvalue weighted by Gasteiger charge is 2.26. The topological polar surface area (TPSA) is 118 Å². The van der Waals surface area contributed by atoms with Crippen LogP contribution in [0.3, 0.4) is 0 Å². The fraction of sp³-hybridized carbons (Fsp3) is 0.400. The molecular weight excluding hydrogens is 394 g/mol. The zero-order valence-corrected chi connectivity index (χ0v) is 18.0. The maximum absolute atomic E-state index is 12.3. The molecule has 1 aromatic heterocycles. The van der Waals surface area contributed by atoms with Crippen LogP contribution in [0.15, 0.2) is 45.9 Å². The van der Waals surface area contributed by atoms with Gasteiger partial charge in [0.1, 0.15) is 0 Å². The Morgan fingerprint density at radius 2 is 1.52 bits per heavy atom. The van der Waals surface area contributed by atoms with E-state index in [-0.39, 0.29) is 22.7 Å². The summed E-state index contributed by atoms with van der Waals surface area (Å²) in [4.78, 5) is 24.1. The predicted octanol–water partition coefficient (Wildman–Crippen LogP) is 3.59. The van der Waals surface area contributed by atoms with E-state index in [4.69, 9.17) is 4.42 Å². The quantitative estimate of drug-likeness (QED) is 0.631. The summed E-state index contributed by atoms with van der Waals surface area (Å²) < 4.78 is 32.2. The van der Waals surface area contributed by atoms with Crippen LogP contribution in [0.4, 0.5) is 11.4 Å². The van der Waals surface area contributed by atoms with Crippen molar-refractivity contribution in [2.45, 2.75) is 51.7 Å². The highest BCUT2D eigenvalue weighted by atomic mass is 32.2. The van der Waals surface area contributed by atoms with Crippen LogP contribution in [0.1, 0.15) is 51.6 Å². The van der Waals surface area contributed by atoms with Crippen LogP contribution in [-0.2, 0) is 14.8 Å². The first-order valence-electron chi connectivity index (χ1n) is 9.21. The van der Waals surface area contributed by atoms with Gasteiger partial charge >= 0.3 is 0 Å². The SMILES string of the molecule is CC(C)CC(=O)Nc1ccc(NC(=O)c2ccc(S(=O)(=O)NC(C)(C)C)o2)cc1. The Labute approximate surface area is 171 Å². The van der Waals surface area contributed by atoms with Crippen molar-refractivity contribution >= 4 is 33.2 Å². The molecule has 2 amide bonds. The first-order valence-corrected chi connectivity index (χ1v) is 10.7. The zero-order chi connectivity index (χ0) is 21.8. The van der Waals surface area contributed by atoms with E-state index in [0.29, 0.717) is 17.8 Å². The maximum Gasteiger partial charge on any atom is 0.291 e. The smallest absolute Gasteiger partial charge is 0.291 e. The van der Waals surface area contributed by atoms with Crippen molar-refractivity contribution in [3.8, 4) is 0 Å². The maximum atomic E-state index is 12.3. The van der Waals surface area contributed by atoms with Crippen LogP contribution in [-0.4, -0.2) is 25.8 Å². The molecule has 0 saturated carbocycles. The summed E-state index contributed by atoms with van der Waals surface area (Å²) in [7, 11) is -3.87. The van der Waals surface area contributed by atoms with Crippen molar-refractivity contribution in [2.24, 2.45) is 5.92 Å². The summed E-state index contributed by atoms with van der Waals surface area (Å²) in [5, 5.41) is 5.07. The van der Waals surface area contributed by atoms with Gasteiger partial charge in [-0.2, -0.15) is 0 Å². The van der Waals surface area contributed by atoms with E-state index in [1.165, 1.54) is 12.1 Å². The molecule has 0 unspecified atom stereocenters. The highest BCUT2D eigenvalue weighted by molar-refractivity contribution is 7.89. The van der Waals surface area contributed by atoms with Crippen LogP contribution < -0.4 is 15.4 Å². The van der Waals surface area contributed by atoms with Gasteiger partial charge in [0.25, 0.3) is 15.9 Å². The molecule has 1 aromatic carbocycles. The molecular formula is C20H27N3O5S. The minimum Gasteiger partial charge on any atom is -0.438 e. The first kappa shape index (κ1) is 22.6. The third-order valence-corrected chi connectivity index (χ3v) is 5.16. The number of sulfonamides is 1. The number of hydrogen-bond donors (Lipinski definition) is 3. The van der Waals surface area contributed by atoms with Crippen LogP contribution in [0.5, 0.6) is 0 Å². The van der Waals surface area contributed by atoms with Crippen LogP contribution >= 0.6 is 0 Å². The third kappa shape index (κ3) is 7.03. The van der Waals surface area contributed by atoms with E-state index in [2.05, 4.69) is 15.4 Å². The largest absolute Gasteiger partial charge is 0.438 e. The molecule has 2 aromatic rings. The second kappa shape index (κ2) is 8.79. The molecule has 0 bridgehead atoms. The summed E-state index contributed by atoms with van der Waals surface area (Å²) >= 11 is 0. The van der Waals surface area contributed by atoms with Crippen molar-refractivity contribution in [3.05, 3.63) is 42.2 Å². The average Bonchev–Trinajstić information content (AvgIpc) is 3.05. The van der Waals surface area contributed by atoms with Crippen molar-refractivity contribution < 1.29 is 22.4 Å². The van der Waals surface area contributed by atoms with Crippen molar-refractivity contribution in [1.82, 2.24) is 4.72 Å². The van der Waals surface area contributed by atoms with Gasteiger partial charge in [0, 0.05) is 23.3 Å². The molecule has 158 valence electrons. The molecule has 0 fully saturated rings. The minimum atomic E-state index is -3.87. The first-order chi connectivity index (χ1) is 13.4. The van der Waals surface area contributed by atoms with E-state index in [1.54, 1.807) is 45.0 Å². The second-order valence-electron chi connectivity index (χ2n) is 8.15. The van der Waals surface area contributed by atoms with E-state index < -0.39 is 21.5 Å². The summed E-state index contributed by atoms with van der Waals surface area (Å²) in [6.07, 6.45) is 0.423. The van der Waals surface area contributed by atoms with Gasteiger partial charge in [-0.05, 0) is 63.1 Å². The van der Waals surface area contributed by atoms with Gasteiger partial charge in [-0.25, -0.2) is 13.1 Å². The summed E-state index contributed by atoms with van der Waals surface area (Å²) in [6, 6.07) is 9.12. The van der Waals surface area contributed by atoms with Crippen molar-refractivity contribution in [1.29, 1.82) is 0 Å². The van der Waals surface area contributed by atoms with Gasteiger partial charge in [-0.15, -0.1) is 0 Å². The van der Waals surface area contributed by atoms with Gasteiger partial charge in [-0.1, -0.05) is 13.8 Å². The van der Waals surface area contributed by atoms with E-state index in [0.717, 1.165) is 0 Å². The summed E-state index contributed by atoms with van der Waals surface area (Å²) in [6.45, 7) is 9.04. The molecule has 3 N–H and O–H groups in total. The Kier molecular flexibility index (Phi) is 6.86. The lowest BCUT2D eigenvalue weighted by atomic mass is 10.1. The molecule has 0 aliphatic heterocycles. The number of carbonyl (C=O) groups excluding carboxylic acids is 2. The molecule has 8 nitrogen and oxygen atoms in total. The normalized spacial score (nSPS) is 12.1. The number of amides is 2. The van der Waals surface area contributed by atoms with E-state index in [9.17, 15) is 18.0 Å². The Balaban J connectivity index is 2.02. The fourth-order valence-electron chi connectivity index (χ4n) is 2.45. The molecule has 0 spiro atoms. The fourth-order valence-corrected chi connectivity index (χ4v) is 3.81. The molecule has 29 heavy (non-hydrogen) atoms. The monoisotopic (exact) mass is 421 g/mol. The Bertz CT molecular complexity index is 970. The Hall–Kier alpha value is -2.65. The van der Waals surface area contributed by atoms with E-state index >= 15 is 0 Å². The van der Waals surface area contributed by atoms with Gasteiger partial charge in [-0.3, -0.25) is 9.59 Å². The highest BCUT2D eigenvalue weighted by Crippen LogP contribution is 2.19. The standard InChI is InChI=1S/C20H27N3O5S/c1-13(2)12-17(24)21-14-6-8-15(9-7-14)22-19(25)16-10-11-18(28-16)29(26,27)23-20(3,4)5/h6-11,13,23H,12H2,1-5H3,(H,21,24)(H,22,25). The lowest BCUT2D eigenvalue weighted by molar-refractivity contribution is -0.116. The number of hydrogen-bond acceptors (Lipinski definition) is 5. The molecule has 9 heteroatoms. The predicted molar refractivity (Wildman–Crippen MR) is 111 cm³/mol. The minimum absolute atomic E-state index is 0.0787. The molecule has 0 aliphatic carbocycles. The Morgan fingerprint density at radius 3 is 2.03 bits per heavy atom. The third-order valence-electron chi connectivity index (χ3n) is 3.53. The van der Waals surface area contributed by atoms with Gasteiger partial charge < -0.3 is 15.1 Å².